The van der Waals surface area contributed by atoms with Crippen molar-refractivity contribution in [2.45, 2.75) is 46.7 Å². The number of nitrogens with one attached hydrogen (secondary N) is 1. The predicted octanol–water partition coefficient (Wildman–Crippen LogP) is 2.11. The van der Waals surface area contributed by atoms with Gasteiger partial charge in [0.1, 0.15) is 18.3 Å². The fraction of sp³-hybridized carbons (Fsp3) is 0.368. The lowest BCUT2D eigenvalue weighted by Crippen LogP contribution is -2.43. The van der Waals surface area contributed by atoms with Gasteiger partial charge in [-0.3, -0.25) is 14.2 Å². The summed E-state index contributed by atoms with van der Waals surface area (Å²) in [5, 5.41) is 7.54. The van der Waals surface area contributed by atoms with Gasteiger partial charge in [-0.25, -0.2) is 9.67 Å². The summed E-state index contributed by atoms with van der Waals surface area (Å²) in [4.78, 5) is 29.1. The Hall–Kier alpha value is -2.96. The van der Waals surface area contributed by atoms with Crippen molar-refractivity contribution >= 4 is 16.9 Å². The second-order valence-electron chi connectivity index (χ2n) is 7.54. The smallest absolute Gasteiger partial charge is 0.264 e. The molecule has 0 saturated heterocycles. The average molecular weight is 353 g/mol. The third-order valence-corrected chi connectivity index (χ3v) is 4.12. The van der Waals surface area contributed by atoms with Crippen LogP contribution in [-0.4, -0.2) is 30.8 Å². The molecular formula is C19H23N5O2. The van der Waals surface area contributed by atoms with E-state index in [-0.39, 0.29) is 23.6 Å². The molecule has 3 rings (SSSR count). The van der Waals surface area contributed by atoms with Gasteiger partial charge in [0.15, 0.2) is 5.65 Å². The Bertz CT molecular complexity index is 1040. The van der Waals surface area contributed by atoms with Crippen LogP contribution in [0.1, 0.15) is 31.9 Å². The average Bonchev–Trinajstić information content (AvgIpc) is 2.96. The van der Waals surface area contributed by atoms with E-state index >= 15 is 0 Å². The van der Waals surface area contributed by atoms with E-state index in [0.29, 0.717) is 11.0 Å². The third-order valence-electron chi connectivity index (χ3n) is 4.12. The number of aryl methyl sites for hydroxylation is 2. The molecule has 1 amide bonds. The fourth-order valence-electron chi connectivity index (χ4n) is 2.72. The van der Waals surface area contributed by atoms with Gasteiger partial charge in [0.05, 0.1) is 11.9 Å². The van der Waals surface area contributed by atoms with Gasteiger partial charge in [-0.1, -0.05) is 6.07 Å². The van der Waals surface area contributed by atoms with Gasteiger partial charge in [0.25, 0.3) is 5.56 Å². The van der Waals surface area contributed by atoms with E-state index in [2.05, 4.69) is 15.4 Å². The molecule has 0 aliphatic heterocycles. The Balaban J connectivity index is 1.98. The Labute approximate surface area is 151 Å². The normalized spacial score (nSPS) is 11.7. The molecule has 7 nitrogen and oxygen atoms in total. The van der Waals surface area contributed by atoms with Crippen LogP contribution in [0.15, 0.2) is 35.5 Å². The molecule has 0 unspecified atom stereocenters. The number of carbonyl (C=O) groups excluding carboxylic acids is 1. The van der Waals surface area contributed by atoms with Crippen molar-refractivity contribution in [1.82, 2.24) is 24.6 Å². The summed E-state index contributed by atoms with van der Waals surface area (Å²) < 4.78 is 2.94. The first-order chi connectivity index (χ1) is 12.2. The van der Waals surface area contributed by atoms with Crippen LogP contribution in [0.2, 0.25) is 0 Å². The zero-order valence-corrected chi connectivity index (χ0v) is 15.7. The molecule has 0 aliphatic rings. The third kappa shape index (κ3) is 3.51. The van der Waals surface area contributed by atoms with Crippen LogP contribution in [0.3, 0.4) is 0 Å². The first-order valence-corrected chi connectivity index (χ1v) is 8.47. The highest BCUT2D eigenvalue weighted by Crippen LogP contribution is 2.17. The lowest BCUT2D eigenvalue weighted by molar-refractivity contribution is -0.123. The number of rotatable bonds is 3. The molecule has 7 heteroatoms. The topological polar surface area (TPSA) is 81.8 Å². The Morgan fingerprint density at radius 2 is 1.92 bits per heavy atom. The molecule has 1 aromatic carbocycles. The monoisotopic (exact) mass is 353 g/mol. The number of amides is 1. The summed E-state index contributed by atoms with van der Waals surface area (Å²) in [6, 6.07) is 5.96. The van der Waals surface area contributed by atoms with Gasteiger partial charge < -0.3 is 5.32 Å². The van der Waals surface area contributed by atoms with Crippen LogP contribution in [0.25, 0.3) is 16.7 Å². The summed E-state index contributed by atoms with van der Waals surface area (Å²) in [6.45, 7) is 9.67. The second-order valence-corrected chi connectivity index (χ2v) is 7.54. The molecule has 0 spiro atoms. The Morgan fingerprint density at radius 1 is 1.19 bits per heavy atom. The number of carbonyl (C=O) groups is 1. The molecular weight excluding hydrogens is 330 g/mol. The van der Waals surface area contributed by atoms with E-state index in [1.165, 1.54) is 22.7 Å². The van der Waals surface area contributed by atoms with Gasteiger partial charge in [-0.2, -0.15) is 5.10 Å². The van der Waals surface area contributed by atoms with Crippen molar-refractivity contribution in [2.24, 2.45) is 0 Å². The molecule has 3 aromatic rings. The quantitative estimate of drug-likeness (QED) is 0.782. The number of fused-ring (bicyclic) bond motifs is 1. The Morgan fingerprint density at radius 3 is 2.58 bits per heavy atom. The lowest BCUT2D eigenvalue weighted by Gasteiger charge is -2.20. The largest absolute Gasteiger partial charge is 0.350 e. The van der Waals surface area contributed by atoms with Crippen LogP contribution >= 0.6 is 0 Å². The SMILES string of the molecule is Cc1ccc(-n2ncc3c(=O)n(CC(=O)NC(C)(C)C)cnc32)cc1C. The number of nitrogens with zero attached hydrogens (tertiary/aromatic N) is 4. The van der Waals surface area contributed by atoms with Crippen molar-refractivity contribution < 1.29 is 4.79 Å². The van der Waals surface area contributed by atoms with Crippen molar-refractivity contribution in [2.75, 3.05) is 0 Å². The maximum atomic E-state index is 12.7. The molecule has 136 valence electrons. The van der Waals surface area contributed by atoms with E-state index in [0.717, 1.165) is 11.3 Å². The van der Waals surface area contributed by atoms with E-state index < -0.39 is 0 Å². The van der Waals surface area contributed by atoms with Crippen molar-refractivity contribution in [1.29, 1.82) is 0 Å². The molecule has 0 fully saturated rings. The molecule has 0 atom stereocenters. The van der Waals surface area contributed by atoms with Gasteiger partial charge in [0.2, 0.25) is 5.91 Å². The molecule has 2 heterocycles. The summed E-state index contributed by atoms with van der Waals surface area (Å²) in [6.07, 6.45) is 2.89. The van der Waals surface area contributed by atoms with Crippen LogP contribution in [-0.2, 0) is 11.3 Å². The highest BCUT2D eigenvalue weighted by molar-refractivity contribution is 5.78. The number of benzene rings is 1. The number of hydrogen-bond acceptors (Lipinski definition) is 4. The summed E-state index contributed by atoms with van der Waals surface area (Å²) in [5.41, 5.74) is 3.01. The molecule has 0 radical (unpaired) electrons. The predicted molar refractivity (Wildman–Crippen MR) is 100 cm³/mol. The zero-order chi connectivity index (χ0) is 19.1. The molecule has 2 aromatic heterocycles. The molecule has 0 bridgehead atoms. The standard InChI is InChI=1S/C19H23N5O2/c1-12-6-7-14(8-13(12)2)24-17-15(9-21-24)18(26)23(11-20-17)10-16(25)22-19(3,4)5/h6-9,11H,10H2,1-5H3,(H,22,25). The first kappa shape index (κ1) is 17.8. The molecule has 26 heavy (non-hydrogen) atoms. The highest BCUT2D eigenvalue weighted by Gasteiger charge is 2.16. The number of aromatic nitrogens is 4. The van der Waals surface area contributed by atoms with E-state index in [4.69, 9.17) is 0 Å². The van der Waals surface area contributed by atoms with Crippen LogP contribution in [0.4, 0.5) is 0 Å². The van der Waals surface area contributed by atoms with Gasteiger partial charge in [0, 0.05) is 5.54 Å². The van der Waals surface area contributed by atoms with Crippen LogP contribution < -0.4 is 10.9 Å². The molecule has 0 aliphatic carbocycles. The minimum absolute atomic E-state index is 0.0755. The lowest BCUT2D eigenvalue weighted by atomic mass is 10.1. The van der Waals surface area contributed by atoms with E-state index in [1.54, 1.807) is 4.68 Å². The minimum Gasteiger partial charge on any atom is -0.350 e. The maximum absolute atomic E-state index is 12.7. The highest BCUT2D eigenvalue weighted by atomic mass is 16.2. The summed E-state index contributed by atoms with van der Waals surface area (Å²) in [7, 11) is 0. The minimum atomic E-state index is -0.355. The van der Waals surface area contributed by atoms with Gasteiger partial charge in [-0.05, 0) is 57.9 Å². The van der Waals surface area contributed by atoms with Crippen molar-refractivity contribution in [3.8, 4) is 5.69 Å². The second kappa shape index (κ2) is 6.40. The van der Waals surface area contributed by atoms with Gasteiger partial charge in [-0.15, -0.1) is 0 Å². The van der Waals surface area contributed by atoms with Crippen LogP contribution in [0, 0.1) is 13.8 Å². The van der Waals surface area contributed by atoms with E-state index in [1.807, 2.05) is 52.8 Å². The molecule has 0 saturated carbocycles. The summed E-state index contributed by atoms with van der Waals surface area (Å²) in [5.74, 6) is -0.234. The van der Waals surface area contributed by atoms with Crippen molar-refractivity contribution in [3.05, 3.63) is 52.2 Å². The van der Waals surface area contributed by atoms with E-state index in [9.17, 15) is 9.59 Å². The first-order valence-electron chi connectivity index (χ1n) is 8.47. The van der Waals surface area contributed by atoms with Gasteiger partial charge >= 0.3 is 0 Å². The van der Waals surface area contributed by atoms with Crippen LogP contribution in [0.5, 0.6) is 0 Å². The molecule has 1 N–H and O–H groups in total. The Kier molecular flexibility index (Phi) is 4.39. The fourth-order valence-corrected chi connectivity index (χ4v) is 2.72. The maximum Gasteiger partial charge on any atom is 0.264 e. The zero-order valence-electron chi connectivity index (χ0n) is 15.7. The summed E-state index contributed by atoms with van der Waals surface area (Å²) >= 11 is 0. The number of hydrogen-bond donors (Lipinski definition) is 1. The van der Waals surface area contributed by atoms with Crippen molar-refractivity contribution in [3.63, 3.8) is 0 Å².